The van der Waals surface area contributed by atoms with Crippen molar-refractivity contribution in [1.29, 1.82) is 0 Å². The van der Waals surface area contributed by atoms with Crippen LogP contribution in [0.25, 0.3) is 0 Å². The van der Waals surface area contributed by atoms with Crippen LogP contribution in [0.3, 0.4) is 0 Å². The number of hydrogen-bond donors (Lipinski definition) is 1. The number of nitrogens with one attached hydrogen (secondary N) is 1. The second-order valence-corrected chi connectivity index (χ2v) is 4.70. The van der Waals surface area contributed by atoms with Gasteiger partial charge in [-0.2, -0.15) is 0 Å². The number of rotatable bonds is 6. The second-order valence-electron chi connectivity index (χ2n) is 4.70. The van der Waals surface area contributed by atoms with Crippen molar-refractivity contribution in [2.24, 2.45) is 5.41 Å². The normalized spacial score (nSPS) is 25.1. The van der Waals surface area contributed by atoms with Crippen LogP contribution in [0, 0.1) is 5.41 Å². The van der Waals surface area contributed by atoms with E-state index >= 15 is 0 Å². The minimum Gasteiger partial charge on any atom is -0.469 e. The van der Waals surface area contributed by atoms with E-state index in [1.807, 2.05) is 6.08 Å². The summed E-state index contributed by atoms with van der Waals surface area (Å²) < 4.78 is 4.66. The maximum atomic E-state index is 11.1. The minimum absolute atomic E-state index is 0.0995. The highest BCUT2D eigenvalue weighted by Gasteiger charge is 2.30. The van der Waals surface area contributed by atoms with E-state index in [2.05, 4.69) is 16.6 Å². The predicted molar refractivity (Wildman–Crippen MR) is 65.2 cm³/mol. The van der Waals surface area contributed by atoms with Crippen LogP contribution in [0.2, 0.25) is 0 Å². The Morgan fingerprint density at radius 3 is 3.00 bits per heavy atom. The second kappa shape index (κ2) is 6.69. The van der Waals surface area contributed by atoms with E-state index < -0.39 is 0 Å². The SMILES string of the molecule is C=CC[C@]1(CCCC(=O)OC)CCCNC1. The molecule has 0 bridgehead atoms. The Bertz CT molecular complexity index is 232. The molecular formula is C13H23NO2. The average molecular weight is 225 g/mol. The van der Waals surface area contributed by atoms with Gasteiger partial charge in [0.05, 0.1) is 7.11 Å². The summed E-state index contributed by atoms with van der Waals surface area (Å²) in [6.45, 7) is 6.02. The molecule has 92 valence electrons. The Labute approximate surface area is 98.2 Å². The Morgan fingerprint density at radius 2 is 2.44 bits per heavy atom. The molecule has 1 N–H and O–H groups in total. The minimum atomic E-state index is -0.0995. The van der Waals surface area contributed by atoms with Crippen LogP contribution >= 0.6 is 0 Å². The molecule has 3 heteroatoms. The first kappa shape index (κ1) is 13.2. The van der Waals surface area contributed by atoms with Crippen LogP contribution in [0.1, 0.15) is 38.5 Å². The first-order valence-corrected chi connectivity index (χ1v) is 6.11. The van der Waals surface area contributed by atoms with E-state index in [1.54, 1.807) is 0 Å². The summed E-state index contributed by atoms with van der Waals surface area (Å²) in [6.07, 6.45) is 8.06. The van der Waals surface area contributed by atoms with E-state index in [1.165, 1.54) is 20.0 Å². The van der Waals surface area contributed by atoms with E-state index in [9.17, 15) is 4.79 Å². The van der Waals surface area contributed by atoms with Gasteiger partial charge in [0.25, 0.3) is 0 Å². The molecule has 1 aliphatic rings. The van der Waals surface area contributed by atoms with Gasteiger partial charge in [-0.05, 0) is 44.1 Å². The Morgan fingerprint density at radius 1 is 1.62 bits per heavy atom. The molecule has 0 aromatic heterocycles. The van der Waals surface area contributed by atoms with Crippen molar-refractivity contribution in [2.75, 3.05) is 20.2 Å². The summed E-state index contributed by atoms with van der Waals surface area (Å²) in [4.78, 5) is 11.1. The van der Waals surface area contributed by atoms with E-state index in [0.29, 0.717) is 11.8 Å². The number of carbonyl (C=O) groups excluding carboxylic acids is 1. The maximum absolute atomic E-state index is 11.1. The number of allylic oxidation sites excluding steroid dienone is 1. The van der Waals surface area contributed by atoms with Gasteiger partial charge in [-0.15, -0.1) is 6.58 Å². The van der Waals surface area contributed by atoms with Gasteiger partial charge in [0.15, 0.2) is 0 Å². The summed E-state index contributed by atoms with van der Waals surface area (Å²) >= 11 is 0. The van der Waals surface area contributed by atoms with Crippen LogP contribution in [0.5, 0.6) is 0 Å². The van der Waals surface area contributed by atoms with Gasteiger partial charge in [0, 0.05) is 13.0 Å². The number of ether oxygens (including phenoxy) is 1. The number of hydrogen-bond acceptors (Lipinski definition) is 3. The molecule has 1 fully saturated rings. The van der Waals surface area contributed by atoms with Gasteiger partial charge in [-0.25, -0.2) is 0 Å². The lowest BCUT2D eigenvalue weighted by atomic mass is 9.74. The van der Waals surface area contributed by atoms with Crippen LogP contribution in [0.4, 0.5) is 0 Å². The molecule has 0 aliphatic carbocycles. The molecule has 1 saturated heterocycles. The largest absolute Gasteiger partial charge is 0.469 e. The lowest BCUT2D eigenvalue weighted by Crippen LogP contribution is -2.39. The molecule has 0 amide bonds. The van der Waals surface area contributed by atoms with E-state index in [-0.39, 0.29) is 5.97 Å². The summed E-state index contributed by atoms with van der Waals surface area (Å²) in [5, 5.41) is 3.45. The zero-order valence-electron chi connectivity index (χ0n) is 10.3. The van der Waals surface area contributed by atoms with Crippen molar-refractivity contribution in [1.82, 2.24) is 5.32 Å². The van der Waals surface area contributed by atoms with Gasteiger partial charge < -0.3 is 10.1 Å². The van der Waals surface area contributed by atoms with Gasteiger partial charge in [-0.1, -0.05) is 6.08 Å². The van der Waals surface area contributed by atoms with Gasteiger partial charge in [-0.3, -0.25) is 4.79 Å². The molecule has 0 saturated carbocycles. The number of carbonyl (C=O) groups is 1. The molecular weight excluding hydrogens is 202 g/mol. The van der Waals surface area contributed by atoms with Gasteiger partial charge in [0.1, 0.15) is 0 Å². The third kappa shape index (κ3) is 3.97. The Kier molecular flexibility index (Phi) is 5.53. The van der Waals surface area contributed by atoms with Crippen molar-refractivity contribution in [3.63, 3.8) is 0 Å². The monoisotopic (exact) mass is 225 g/mol. The Balaban J connectivity index is 2.38. The van der Waals surface area contributed by atoms with Crippen molar-refractivity contribution in [3.8, 4) is 0 Å². The molecule has 0 unspecified atom stereocenters. The Hall–Kier alpha value is -0.830. The highest BCUT2D eigenvalue weighted by molar-refractivity contribution is 5.68. The van der Waals surface area contributed by atoms with Gasteiger partial charge in [0.2, 0.25) is 0 Å². The van der Waals surface area contributed by atoms with Gasteiger partial charge >= 0.3 is 5.97 Å². The fourth-order valence-corrected chi connectivity index (χ4v) is 2.54. The number of piperidine rings is 1. The molecule has 1 atom stereocenters. The predicted octanol–water partition coefficient (Wildman–Crippen LogP) is 2.28. The molecule has 0 radical (unpaired) electrons. The highest BCUT2D eigenvalue weighted by Crippen LogP contribution is 2.35. The van der Waals surface area contributed by atoms with Crippen LogP contribution in [-0.4, -0.2) is 26.2 Å². The fourth-order valence-electron chi connectivity index (χ4n) is 2.54. The van der Waals surface area contributed by atoms with Crippen molar-refractivity contribution >= 4 is 5.97 Å². The molecule has 0 spiro atoms. The summed E-state index contributed by atoms with van der Waals surface area (Å²) in [6, 6.07) is 0. The lowest BCUT2D eigenvalue weighted by molar-refractivity contribution is -0.140. The van der Waals surface area contributed by atoms with E-state index in [0.717, 1.165) is 32.4 Å². The van der Waals surface area contributed by atoms with Crippen molar-refractivity contribution in [3.05, 3.63) is 12.7 Å². The summed E-state index contributed by atoms with van der Waals surface area (Å²) in [5.41, 5.74) is 0.327. The lowest BCUT2D eigenvalue weighted by Gasteiger charge is -2.37. The third-order valence-corrected chi connectivity index (χ3v) is 3.45. The van der Waals surface area contributed by atoms with Crippen LogP contribution in [-0.2, 0) is 9.53 Å². The van der Waals surface area contributed by atoms with Crippen molar-refractivity contribution < 1.29 is 9.53 Å². The highest BCUT2D eigenvalue weighted by atomic mass is 16.5. The quantitative estimate of drug-likeness (QED) is 0.556. The van der Waals surface area contributed by atoms with Crippen molar-refractivity contribution in [2.45, 2.75) is 38.5 Å². The average Bonchev–Trinajstić information content (AvgIpc) is 2.30. The van der Waals surface area contributed by atoms with E-state index in [4.69, 9.17) is 0 Å². The molecule has 1 aliphatic heterocycles. The summed E-state index contributed by atoms with van der Waals surface area (Å²) in [7, 11) is 1.45. The van der Waals surface area contributed by atoms with Crippen LogP contribution < -0.4 is 5.32 Å². The maximum Gasteiger partial charge on any atom is 0.305 e. The topological polar surface area (TPSA) is 38.3 Å². The third-order valence-electron chi connectivity index (χ3n) is 3.45. The first-order valence-electron chi connectivity index (χ1n) is 6.11. The molecule has 0 aromatic rings. The zero-order valence-corrected chi connectivity index (χ0v) is 10.3. The number of methoxy groups -OCH3 is 1. The molecule has 0 aromatic carbocycles. The standard InChI is InChI=1S/C13H23NO2/c1-3-7-13(9-5-10-14-11-13)8-4-6-12(15)16-2/h3,14H,1,4-11H2,2H3/t13-/m0/s1. The summed E-state index contributed by atoms with van der Waals surface area (Å²) in [5.74, 6) is -0.0995. The fraction of sp³-hybridized carbons (Fsp3) is 0.769. The number of esters is 1. The molecule has 16 heavy (non-hydrogen) atoms. The first-order chi connectivity index (χ1) is 7.72. The molecule has 1 rings (SSSR count). The molecule has 3 nitrogen and oxygen atoms in total. The smallest absolute Gasteiger partial charge is 0.305 e. The zero-order chi connectivity index (χ0) is 11.9. The van der Waals surface area contributed by atoms with Crippen LogP contribution in [0.15, 0.2) is 12.7 Å². The molecule has 1 heterocycles.